The molecule has 0 radical (unpaired) electrons. The Hall–Kier alpha value is -0.970. The van der Waals surface area contributed by atoms with E-state index in [-0.39, 0.29) is 0 Å². The van der Waals surface area contributed by atoms with Crippen LogP contribution in [-0.2, 0) is 0 Å². The molecule has 0 unspecified atom stereocenters. The predicted molar refractivity (Wildman–Crippen MR) is 44.5 cm³/mol. The monoisotopic (exact) mass is 150 g/mol. The highest BCUT2D eigenvalue weighted by Crippen LogP contribution is 2.26. The number of nitrogens with two attached hydrogens (primary N) is 1. The van der Waals surface area contributed by atoms with Crippen LogP contribution in [0.5, 0.6) is 0 Å². The average Bonchev–Trinajstić information content (AvgIpc) is 2.07. The van der Waals surface area contributed by atoms with Gasteiger partial charge in [0.25, 0.3) is 0 Å². The van der Waals surface area contributed by atoms with E-state index in [4.69, 9.17) is 11.0 Å². The maximum atomic E-state index is 8.36. The molecule has 0 aliphatic heterocycles. The molecule has 2 N–H and O–H groups in total. The van der Waals surface area contributed by atoms with E-state index >= 15 is 0 Å². The van der Waals surface area contributed by atoms with E-state index in [9.17, 15) is 0 Å². The molecule has 1 saturated carbocycles. The summed E-state index contributed by atoms with van der Waals surface area (Å²) in [5.41, 5.74) is 6.48. The van der Waals surface area contributed by atoms with Crippen LogP contribution >= 0.6 is 0 Å². The van der Waals surface area contributed by atoms with E-state index in [0.29, 0.717) is 5.92 Å². The molecule has 0 aromatic heterocycles. The Morgan fingerprint density at radius 2 is 2.00 bits per heavy atom. The molecular formula is C9H14N2. The quantitative estimate of drug-likeness (QED) is 0.581. The third-order valence-electron chi connectivity index (χ3n) is 2.31. The molecule has 2 nitrogen and oxygen atoms in total. The Balaban J connectivity index is 2.46. The molecule has 0 amide bonds. The van der Waals surface area contributed by atoms with Crippen LogP contribution in [0.25, 0.3) is 0 Å². The molecule has 0 spiro atoms. The van der Waals surface area contributed by atoms with Gasteiger partial charge in [0.2, 0.25) is 0 Å². The van der Waals surface area contributed by atoms with Crippen LogP contribution in [0.1, 0.15) is 32.1 Å². The smallest absolute Gasteiger partial charge is 0.0930 e. The molecule has 1 rings (SSSR count). The van der Waals surface area contributed by atoms with Gasteiger partial charge in [-0.1, -0.05) is 19.3 Å². The zero-order chi connectivity index (χ0) is 8.10. The number of hydrogen-bond acceptors (Lipinski definition) is 2. The van der Waals surface area contributed by atoms with Gasteiger partial charge in [0, 0.05) is 11.8 Å². The Bertz CT molecular complexity index is 182. The number of rotatable bonds is 1. The molecule has 0 atom stereocenters. The number of allylic oxidation sites excluding steroid dienone is 2. The van der Waals surface area contributed by atoms with Gasteiger partial charge in [0.1, 0.15) is 0 Å². The lowest BCUT2D eigenvalue weighted by molar-refractivity contribution is 0.400. The summed E-state index contributed by atoms with van der Waals surface area (Å²) in [5, 5.41) is 8.36. The first-order valence-electron chi connectivity index (χ1n) is 4.19. The molecule has 0 bridgehead atoms. The highest BCUT2D eigenvalue weighted by atomic mass is 14.6. The van der Waals surface area contributed by atoms with Crippen LogP contribution in [0.15, 0.2) is 11.8 Å². The first kappa shape index (κ1) is 8.13. The van der Waals surface area contributed by atoms with Gasteiger partial charge in [-0.25, -0.2) is 0 Å². The van der Waals surface area contributed by atoms with E-state index < -0.39 is 0 Å². The lowest BCUT2D eigenvalue weighted by atomic mass is 9.87. The summed E-state index contributed by atoms with van der Waals surface area (Å²) >= 11 is 0. The van der Waals surface area contributed by atoms with Crippen molar-refractivity contribution in [3.8, 4) is 6.07 Å². The third kappa shape index (κ3) is 2.27. The van der Waals surface area contributed by atoms with Gasteiger partial charge in [-0.3, -0.25) is 0 Å². The van der Waals surface area contributed by atoms with Gasteiger partial charge >= 0.3 is 0 Å². The molecule has 11 heavy (non-hydrogen) atoms. The van der Waals surface area contributed by atoms with Gasteiger partial charge in [-0.15, -0.1) is 0 Å². The van der Waals surface area contributed by atoms with Crippen molar-refractivity contribution in [2.24, 2.45) is 11.7 Å². The van der Waals surface area contributed by atoms with E-state index in [1.54, 1.807) is 0 Å². The third-order valence-corrected chi connectivity index (χ3v) is 2.31. The lowest BCUT2D eigenvalue weighted by Crippen LogP contribution is -2.14. The van der Waals surface area contributed by atoms with Gasteiger partial charge in [0.15, 0.2) is 0 Å². The van der Waals surface area contributed by atoms with E-state index in [0.717, 1.165) is 5.70 Å². The van der Waals surface area contributed by atoms with Crippen molar-refractivity contribution >= 4 is 0 Å². The SMILES string of the molecule is N#C/C=C(/N)C1CCCCC1. The molecule has 0 heterocycles. The Kier molecular flexibility index (Phi) is 2.97. The number of nitrogens with zero attached hydrogens (tertiary/aromatic N) is 1. The van der Waals surface area contributed by atoms with Crippen LogP contribution < -0.4 is 5.73 Å². The van der Waals surface area contributed by atoms with E-state index in [1.807, 2.05) is 6.07 Å². The maximum Gasteiger partial charge on any atom is 0.0930 e. The lowest BCUT2D eigenvalue weighted by Gasteiger charge is -2.21. The molecule has 60 valence electrons. The van der Waals surface area contributed by atoms with Crippen LogP contribution in [0.3, 0.4) is 0 Å². The second-order valence-electron chi connectivity index (χ2n) is 3.11. The van der Waals surface area contributed by atoms with Gasteiger partial charge < -0.3 is 5.73 Å². The minimum Gasteiger partial charge on any atom is -0.401 e. The van der Waals surface area contributed by atoms with Gasteiger partial charge in [-0.2, -0.15) is 5.26 Å². The number of hydrogen-bond donors (Lipinski definition) is 1. The summed E-state index contributed by atoms with van der Waals surface area (Å²) in [6, 6.07) is 1.98. The molecular weight excluding hydrogens is 136 g/mol. The highest BCUT2D eigenvalue weighted by Gasteiger charge is 2.14. The highest BCUT2D eigenvalue weighted by molar-refractivity contribution is 5.13. The largest absolute Gasteiger partial charge is 0.401 e. The number of nitriles is 1. The Morgan fingerprint density at radius 3 is 2.55 bits per heavy atom. The standard InChI is InChI=1S/C9H14N2/c10-7-6-9(11)8-4-2-1-3-5-8/h6,8H,1-5,11H2/b9-6+. The molecule has 1 aliphatic carbocycles. The van der Waals surface area contributed by atoms with Crippen LogP contribution in [0.2, 0.25) is 0 Å². The Labute approximate surface area is 67.7 Å². The first-order chi connectivity index (χ1) is 5.34. The Morgan fingerprint density at radius 1 is 1.36 bits per heavy atom. The van der Waals surface area contributed by atoms with Crippen LogP contribution in [-0.4, -0.2) is 0 Å². The average molecular weight is 150 g/mol. The summed E-state index contributed by atoms with van der Waals surface area (Å²) < 4.78 is 0. The maximum absolute atomic E-state index is 8.36. The first-order valence-corrected chi connectivity index (χ1v) is 4.19. The van der Waals surface area contributed by atoms with Crippen molar-refractivity contribution in [3.63, 3.8) is 0 Å². The second-order valence-corrected chi connectivity index (χ2v) is 3.11. The summed E-state index contributed by atoms with van der Waals surface area (Å²) in [6.45, 7) is 0. The normalized spacial score (nSPS) is 21.2. The summed E-state index contributed by atoms with van der Waals surface area (Å²) in [7, 11) is 0. The van der Waals surface area contributed by atoms with Gasteiger partial charge in [-0.05, 0) is 18.8 Å². The summed E-state index contributed by atoms with van der Waals surface area (Å²) in [6.07, 6.45) is 7.69. The summed E-state index contributed by atoms with van der Waals surface area (Å²) in [5.74, 6) is 0.489. The molecule has 0 saturated heterocycles. The molecule has 2 heteroatoms. The van der Waals surface area contributed by atoms with Crippen molar-refractivity contribution in [1.29, 1.82) is 5.26 Å². The fourth-order valence-corrected chi connectivity index (χ4v) is 1.63. The minimum absolute atomic E-state index is 0.489. The molecule has 0 aromatic rings. The van der Waals surface area contributed by atoms with E-state index in [2.05, 4.69) is 0 Å². The zero-order valence-electron chi connectivity index (χ0n) is 6.71. The fourth-order valence-electron chi connectivity index (χ4n) is 1.63. The molecule has 1 aliphatic rings. The van der Waals surface area contributed by atoms with Crippen molar-refractivity contribution in [3.05, 3.63) is 11.8 Å². The minimum atomic E-state index is 0.489. The van der Waals surface area contributed by atoms with Crippen molar-refractivity contribution in [1.82, 2.24) is 0 Å². The molecule has 1 fully saturated rings. The van der Waals surface area contributed by atoms with Crippen molar-refractivity contribution < 1.29 is 0 Å². The van der Waals surface area contributed by atoms with Crippen LogP contribution in [0.4, 0.5) is 0 Å². The van der Waals surface area contributed by atoms with Crippen molar-refractivity contribution in [2.45, 2.75) is 32.1 Å². The molecule has 0 aromatic carbocycles. The van der Waals surface area contributed by atoms with Gasteiger partial charge in [0.05, 0.1) is 6.07 Å². The zero-order valence-corrected chi connectivity index (χ0v) is 6.71. The van der Waals surface area contributed by atoms with Crippen molar-refractivity contribution in [2.75, 3.05) is 0 Å². The summed E-state index contributed by atoms with van der Waals surface area (Å²) in [4.78, 5) is 0. The fraction of sp³-hybridized carbons (Fsp3) is 0.667. The topological polar surface area (TPSA) is 49.8 Å². The van der Waals surface area contributed by atoms with E-state index in [1.165, 1.54) is 38.2 Å². The predicted octanol–water partition coefficient (Wildman–Crippen LogP) is 1.93. The second kappa shape index (κ2) is 4.02. The van der Waals surface area contributed by atoms with Crippen LogP contribution in [0, 0.1) is 17.2 Å².